The summed E-state index contributed by atoms with van der Waals surface area (Å²) in [4.78, 5) is 11.3. The molecule has 5 heteroatoms. The van der Waals surface area contributed by atoms with Gasteiger partial charge in [-0.1, -0.05) is 25.4 Å². The SMILES string of the molecule is Cc1c(Cl)nc(C(C)C)nc1N1CCCOCC1. The van der Waals surface area contributed by atoms with Crippen LogP contribution >= 0.6 is 11.6 Å². The lowest BCUT2D eigenvalue weighted by Gasteiger charge is -2.24. The average Bonchev–Trinajstić information content (AvgIpc) is 2.61. The first kappa shape index (κ1) is 13.6. The molecule has 2 rings (SSSR count). The van der Waals surface area contributed by atoms with E-state index in [-0.39, 0.29) is 5.92 Å². The van der Waals surface area contributed by atoms with Gasteiger partial charge in [0, 0.05) is 31.2 Å². The number of halogens is 1. The number of hydrogen-bond donors (Lipinski definition) is 0. The zero-order valence-corrected chi connectivity index (χ0v) is 12.0. The summed E-state index contributed by atoms with van der Waals surface area (Å²) in [6.45, 7) is 9.54. The molecule has 0 saturated carbocycles. The summed E-state index contributed by atoms with van der Waals surface area (Å²) in [5, 5.41) is 0.564. The molecule has 1 saturated heterocycles. The van der Waals surface area contributed by atoms with Crippen LogP contribution < -0.4 is 4.90 Å². The number of rotatable bonds is 2. The van der Waals surface area contributed by atoms with Crippen molar-refractivity contribution < 1.29 is 4.74 Å². The molecule has 100 valence electrons. The highest BCUT2D eigenvalue weighted by atomic mass is 35.5. The molecule has 0 aromatic carbocycles. The molecule has 4 nitrogen and oxygen atoms in total. The van der Waals surface area contributed by atoms with Gasteiger partial charge in [0.15, 0.2) is 0 Å². The minimum atomic E-state index is 0.282. The Hall–Kier alpha value is -0.870. The zero-order chi connectivity index (χ0) is 13.1. The fourth-order valence-corrected chi connectivity index (χ4v) is 2.19. The van der Waals surface area contributed by atoms with Crippen LogP contribution in [0.3, 0.4) is 0 Å². The van der Waals surface area contributed by atoms with E-state index in [0.717, 1.165) is 49.9 Å². The van der Waals surface area contributed by atoms with E-state index in [0.29, 0.717) is 5.15 Å². The van der Waals surface area contributed by atoms with Crippen molar-refractivity contribution in [2.75, 3.05) is 31.2 Å². The molecule has 1 aliphatic heterocycles. The van der Waals surface area contributed by atoms with Gasteiger partial charge in [-0.15, -0.1) is 0 Å². The summed E-state index contributed by atoms with van der Waals surface area (Å²) in [6.07, 6.45) is 1.03. The highest BCUT2D eigenvalue weighted by molar-refractivity contribution is 6.30. The lowest BCUT2D eigenvalue weighted by atomic mass is 10.2. The number of nitrogens with zero attached hydrogens (tertiary/aromatic N) is 3. The Morgan fingerprint density at radius 1 is 1.22 bits per heavy atom. The first-order chi connectivity index (χ1) is 8.59. The molecule has 0 amide bonds. The van der Waals surface area contributed by atoms with Crippen LogP contribution in [0.4, 0.5) is 5.82 Å². The molecule has 2 heterocycles. The zero-order valence-electron chi connectivity index (χ0n) is 11.2. The van der Waals surface area contributed by atoms with Gasteiger partial charge in [-0.2, -0.15) is 0 Å². The third-order valence-corrected chi connectivity index (χ3v) is 3.48. The van der Waals surface area contributed by atoms with E-state index in [2.05, 4.69) is 28.7 Å². The van der Waals surface area contributed by atoms with Gasteiger partial charge in [0.25, 0.3) is 0 Å². The third-order valence-electron chi connectivity index (χ3n) is 3.12. The predicted octanol–water partition coefficient (Wildman–Crippen LogP) is 2.79. The summed E-state index contributed by atoms with van der Waals surface area (Å²) in [5.74, 6) is 2.06. The molecule has 1 aromatic heterocycles. The summed E-state index contributed by atoms with van der Waals surface area (Å²) in [7, 11) is 0. The Kier molecular flexibility index (Phi) is 4.40. The fraction of sp³-hybridized carbons (Fsp3) is 0.692. The van der Waals surface area contributed by atoms with E-state index >= 15 is 0 Å². The summed E-state index contributed by atoms with van der Waals surface area (Å²) >= 11 is 6.21. The molecule has 0 bridgehead atoms. The Balaban J connectivity index is 2.35. The van der Waals surface area contributed by atoms with Crippen molar-refractivity contribution in [3.05, 3.63) is 16.5 Å². The molecular weight excluding hydrogens is 250 g/mol. The second kappa shape index (κ2) is 5.85. The van der Waals surface area contributed by atoms with Gasteiger partial charge in [0.05, 0.1) is 6.61 Å². The number of hydrogen-bond acceptors (Lipinski definition) is 4. The molecule has 1 fully saturated rings. The van der Waals surface area contributed by atoms with E-state index in [4.69, 9.17) is 16.3 Å². The Morgan fingerprint density at radius 3 is 2.72 bits per heavy atom. The first-order valence-corrected chi connectivity index (χ1v) is 6.84. The molecule has 0 spiro atoms. The largest absolute Gasteiger partial charge is 0.380 e. The van der Waals surface area contributed by atoms with Gasteiger partial charge < -0.3 is 9.64 Å². The second-order valence-electron chi connectivity index (χ2n) is 4.93. The van der Waals surface area contributed by atoms with Crippen molar-refractivity contribution in [2.24, 2.45) is 0 Å². The maximum atomic E-state index is 6.21. The Bertz CT molecular complexity index is 415. The van der Waals surface area contributed by atoms with Gasteiger partial charge >= 0.3 is 0 Å². The summed E-state index contributed by atoms with van der Waals surface area (Å²) in [6, 6.07) is 0. The van der Waals surface area contributed by atoms with Crippen LogP contribution in [0.2, 0.25) is 5.15 Å². The average molecular weight is 270 g/mol. The van der Waals surface area contributed by atoms with Gasteiger partial charge in [0.2, 0.25) is 0 Å². The molecule has 0 unspecified atom stereocenters. The van der Waals surface area contributed by atoms with Crippen LogP contribution in [0, 0.1) is 6.92 Å². The molecular formula is C13H20ClN3O. The molecule has 0 atom stereocenters. The highest BCUT2D eigenvalue weighted by Gasteiger charge is 2.18. The van der Waals surface area contributed by atoms with Crippen molar-refractivity contribution in [2.45, 2.75) is 33.1 Å². The number of ether oxygens (including phenoxy) is 1. The van der Waals surface area contributed by atoms with Crippen molar-refractivity contribution in [3.8, 4) is 0 Å². The topological polar surface area (TPSA) is 38.2 Å². The molecule has 1 aliphatic rings. The first-order valence-electron chi connectivity index (χ1n) is 6.46. The van der Waals surface area contributed by atoms with E-state index < -0.39 is 0 Å². The van der Waals surface area contributed by atoms with Gasteiger partial charge in [-0.05, 0) is 13.3 Å². The van der Waals surface area contributed by atoms with E-state index in [1.54, 1.807) is 0 Å². The van der Waals surface area contributed by atoms with E-state index in [9.17, 15) is 0 Å². The van der Waals surface area contributed by atoms with Crippen molar-refractivity contribution in [1.82, 2.24) is 9.97 Å². The van der Waals surface area contributed by atoms with E-state index in [1.807, 2.05) is 6.92 Å². The number of anilines is 1. The molecule has 1 aromatic rings. The predicted molar refractivity (Wildman–Crippen MR) is 73.5 cm³/mol. The van der Waals surface area contributed by atoms with Crippen LogP contribution in [0.25, 0.3) is 0 Å². The van der Waals surface area contributed by atoms with Crippen molar-refractivity contribution in [1.29, 1.82) is 0 Å². The maximum Gasteiger partial charge on any atom is 0.137 e. The standard InChI is InChI=1S/C13H20ClN3O/c1-9(2)12-15-11(14)10(3)13(16-12)17-5-4-7-18-8-6-17/h9H,4-8H2,1-3H3. The van der Waals surface area contributed by atoms with Crippen LogP contribution in [0.1, 0.15) is 37.6 Å². The molecule has 0 N–H and O–H groups in total. The van der Waals surface area contributed by atoms with Crippen molar-refractivity contribution in [3.63, 3.8) is 0 Å². The number of aromatic nitrogens is 2. The van der Waals surface area contributed by atoms with E-state index in [1.165, 1.54) is 0 Å². The summed E-state index contributed by atoms with van der Waals surface area (Å²) < 4.78 is 5.48. The lowest BCUT2D eigenvalue weighted by Crippen LogP contribution is -2.28. The fourth-order valence-electron chi connectivity index (χ4n) is 2.02. The molecule has 0 aliphatic carbocycles. The van der Waals surface area contributed by atoms with Gasteiger partial charge in [-0.3, -0.25) is 0 Å². The van der Waals surface area contributed by atoms with Crippen molar-refractivity contribution >= 4 is 17.4 Å². The Morgan fingerprint density at radius 2 is 2.00 bits per heavy atom. The maximum absolute atomic E-state index is 6.21. The monoisotopic (exact) mass is 269 g/mol. The Labute approximate surface area is 113 Å². The second-order valence-corrected chi connectivity index (χ2v) is 5.29. The minimum Gasteiger partial charge on any atom is -0.380 e. The summed E-state index contributed by atoms with van der Waals surface area (Å²) in [5.41, 5.74) is 0.961. The third kappa shape index (κ3) is 2.93. The van der Waals surface area contributed by atoms with Gasteiger partial charge in [0.1, 0.15) is 16.8 Å². The highest BCUT2D eigenvalue weighted by Crippen LogP contribution is 2.26. The van der Waals surface area contributed by atoms with Crippen LogP contribution in [-0.2, 0) is 4.74 Å². The van der Waals surface area contributed by atoms with Crippen LogP contribution in [-0.4, -0.2) is 36.3 Å². The smallest absolute Gasteiger partial charge is 0.137 e. The quantitative estimate of drug-likeness (QED) is 0.774. The molecule has 0 radical (unpaired) electrons. The van der Waals surface area contributed by atoms with Crippen LogP contribution in [0.5, 0.6) is 0 Å². The van der Waals surface area contributed by atoms with Gasteiger partial charge in [-0.25, -0.2) is 9.97 Å². The minimum absolute atomic E-state index is 0.282. The van der Waals surface area contributed by atoms with Crippen LogP contribution in [0.15, 0.2) is 0 Å². The molecule has 18 heavy (non-hydrogen) atoms. The normalized spacial score (nSPS) is 17.1. The lowest BCUT2D eigenvalue weighted by molar-refractivity contribution is 0.152.